The Hall–Kier alpha value is -1.86. The Labute approximate surface area is 157 Å². The average molecular weight is 428 g/mol. The highest BCUT2D eigenvalue weighted by molar-refractivity contribution is 9.10. The lowest BCUT2D eigenvalue weighted by molar-refractivity contribution is -0.142. The van der Waals surface area contributed by atoms with E-state index >= 15 is 0 Å². The zero-order valence-corrected chi connectivity index (χ0v) is 15.3. The van der Waals surface area contributed by atoms with Gasteiger partial charge in [0.15, 0.2) is 0 Å². The van der Waals surface area contributed by atoms with Gasteiger partial charge >= 0.3 is 12.1 Å². The van der Waals surface area contributed by atoms with Crippen molar-refractivity contribution in [3.8, 4) is 0 Å². The van der Waals surface area contributed by atoms with Gasteiger partial charge in [0.1, 0.15) is 6.04 Å². The molecule has 0 radical (unpaired) electrons. The Morgan fingerprint density at radius 1 is 1.15 bits per heavy atom. The monoisotopic (exact) mass is 427 g/mol. The summed E-state index contributed by atoms with van der Waals surface area (Å²) in [6.45, 7) is 0.573. The molecule has 1 heterocycles. The Kier molecular flexibility index (Phi) is 5.39. The summed E-state index contributed by atoms with van der Waals surface area (Å²) in [5.74, 6) is -0.911. The van der Waals surface area contributed by atoms with Crippen LogP contribution >= 0.6 is 15.9 Å². The molecule has 0 saturated carbocycles. The van der Waals surface area contributed by atoms with Gasteiger partial charge in [0.25, 0.3) is 0 Å². The number of hydrogen-bond acceptors (Lipinski definition) is 2. The highest BCUT2D eigenvalue weighted by Crippen LogP contribution is 2.39. The summed E-state index contributed by atoms with van der Waals surface area (Å²) < 4.78 is 39.4. The van der Waals surface area contributed by atoms with E-state index in [1.54, 1.807) is 0 Å². The second kappa shape index (κ2) is 7.40. The van der Waals surface area contributed by atoms with E-state index in [9.17, 15) is 23.1 Å². The average Bonchev–Trinajstić information content (AvgIpc) is 3.06. The van der Waals surface area contributed by atoms with Crippen molar-refractivity contribution in [2.24, 2.45) is 0 Å². The number of alkyl halides is 3. The lowest BCUT2D eigenvalue weighted by Crippen LogP contribution is -2.39. The van der Waals surface area contributed by atoms with Crippen molar-refractivity contribution in [3.63, 3.8) is 0 Å². The highest BCUT2D eigenvalue weighted by Gasteiger charge is 2.38. The van der Waals surface area contributed by atoms with Crippen LogP contribution in [0.3, 0.4) is 0 Å². The van der Waals surface area contributed by atoms with Crippen LogP contribution < -0.4 is 0 Å². The van der Waals surface area contributed by atoms with Gasteiger partial charge in [-0.3, -0.25) is 9.69 Å². The predicted molar refractivity (Wildman–Crippen MR) is 94.8 cm³/mol. The van der Waals surface area contributed by atoms with Crippen molar-refractivity contribution < 1.29 is 23.1 Å². The number of nitrogens with zero attached hydrogens (tertiary/aromatic N) is 1. The second-order valence-corrected chi connectivity index (χ2v) is 7.13. The molecule has 2 aromatic rings. The van der Waals surface area contributed by atoms with Gasteiger partial charge in [0.2, 0.25) is 0 Å². The fraction of sp³-hybridized carbons (Fsp3) is 0.316. The molecule has 0 amide bonds. The highest BCUT2D eigenvalue weighted by atomic mass is 79.9. The number of benzene rings is 2. The molecule has 0 aromatic heterocycles. The van der Waals surface area contributed by atoms with Crippen LogP contribution in [0.25, 0.3) is 0 Å². The van der Waals surface area contributed by atoms with Crippen LogP contribution in [0.5, 0.6) is 0 Å². The van der Waals surface area contributed by atoms with Gasteiger partial charge in [0.05, 0.1) is 11.6 Å². The molecular weight excluding hydrogens is 411 g/mol. The zero-order chi connectivity index (χ0) is 18.9. The first-order chi connectivity index (χ1) is 12.3. The topological polar surface area (TPSA) is 40.5 Å². The van der Waals surface area contributed by atoms with E-state index in [1.807, 2.05) is 29.2 Å². The predicted octanol–water partition coefficient (Wildman–Crippen LogP) is 5.11. The van der Waals surface area contributed by atoms with Crippen molar-refractivity contribution in [3.05, 3.63) is 69.7 Å². The van der Waals surface area contributed by atoms with Gasteiger partial charge in [0, 0.05) is 11.0 Å². The van der Waals surface area contributed by atoms with E-state index in [0.717, 1.165) is 28.6 Å². The van der Waals surface area contributed by atoms with Crippen molar-refractivity contribution in [2.75, 3.05) is 6.54 Å². The normalized spacial score (nSPS) is 19.5. The van der Waals surface area contributed by atoms with Gasteiger partial charge in [-0.05, 0) is 42.2 Å². The third-order valence-corrected chi connectivity index (χ3v) is 5.39. The Bertz CT molecular complexity index is 792. The van der Waals surface area contributed by atoms with Crippen molar-refractivity contribution in [1.82, 2.24) is 4.90 Å². The molecule has 3 nitrogen and oxygen atoms in total. The van der Waals surface area contributed by atoms with E-state index < -0.39 is 29.8 Å². The number of aliphatic carboxylic acids is 1. The summed E-state index contributed by atoms with van der Waals surface area (Å²) in [7, 11) is 0. The standard InChI is InChI=1S/C19H17BrF3NO2/c20-15-5-2-1-4-14(15)17(24-11-3-6-16(24)18(25)26)12-7-9-13(10-8-12)19(21,22)23/h1-2,4-5,7-10,16-17H,3,6,11H2,(H,25,26). The van der Waals surface area contributed by atoms with Gasteiger partial charge in [-0.1, -0.05) is 46.3 Å². The van der Waals surface area contributed by atoms with Crippen molar-refractivity contribution in [1.29, 1.82) is 0 Å². The molecule has 1 aliphatic heterocycles. The third kappa shape index (κ3) is 3.78. The largest absolute Gasteiger partial charge is 0.480 e. The lowest BCUT2D eigenvalue weighted by atomic mass is 9.95. The SMILES string of the molecule is O=C(O)C1CCCN1C(c1ccc(C(F)(F)F)cc1)c1ccccc1Br. The number of carboxylic acid groups (broad SMARTS) is 1. The van der Waals surface area contributed by atoms with E-state index in [4.69, 9.17) is 0 Å². The summed E-state index contributed by atoms with van der Waals surface area (Å²) in [4.78, 5) is 13.5. The fourth-order valence-corrected chi connectivity index (χ4v) is 3.97. The van der Waals surface area contributed by atoms with E-state index in [2.05, 4.69) is 15.9 Å². The van der Waals surface area contributed by atoms with Crippen LogP contribution in [-0.2, 0) is 11.0 Å². The molecule has 2 unspecified atom stereocenters. The van der Waals surface area contributed by atoms with Crippen LogP contribution in [0.2, 0.25) is 0 Å². The van der Waals surface area contributed by atoms with Crippen molar-refractivity contribution in [2.45, 2.75) is 31.1 Å². The fourth-order valence-electron chi connectivity index (χ4n) is 3.46. The van der Waals surface area contributed by atoms with Crippen LogP contribution in [0.4, 0.5) is 13.2 Å². The first-order valence-electron chi connectivity index (χ1n) is 8.19. The summed E-state index contributed by atoms with van der Waals surface area (Å²) in [6.07, 6.45) is -3.14. The molecule has 1 N–H and O–H groups in total. The number of halogens is 4. The molecule has 26 heavy (non-hydrogen) atoms. The second-order valence-electron chi connectivity index (χ2n) is 6.28. The molecule has 1 fully saturated rings. The zero-order valence-electron chi connectivity index (χ0n) is 13.7. The van der Waals surface area contributed by atoms with Gasteiger partial charge in [-0.25, -0.2) is 0 Å². The van der Waals surface area contributed by atoms with E-state index in [1.165, 1.54) is 12.1 Å². The maximum absolute atomic E-state index is 12.9. The molecule has 1 saturated heterocycles. The Balaban J connectivity index is 2.07. The number of hydrogen-bond donors (Lipinski definition) is 1. The molecule has 2 aromatic carbocycles. The van der Waals surface area contributed by atoms with Gasteiger partial charge < -0.3 is 5.11 Å². The molecule has 0 bridgehead atoms. The summed E-state index contributed by atoms with van der Waals surface area (Å²) in [6, 6.07) is 11.3. The Morgan fingerprint density at radius 3 is 2.38 bits per heavy atom. The third-order valence-electron chi connectivity index (χ3n) is 4.66. The number of carboxylic acids is 1. The molecule has 7 heteroatoms. The number of carbonyl (C=O) groups is 1. The minimum absolute atomic E-state index is 0.434. The summed E-state index contributed by atoms with van der Waals surface area (Å²) in [5.41, 5.74) is 0.752. The van der Waals surface area contributed by atoms with Crippen LogP contribution in [-0.4, -0.2) is 28.6 Å². The molecule has 3 rings (SSSR count). The van der Waals surface area contributed by atoms with E-state index in [0.29, 0.717) is 18.5 Å². The molecule has 0 aliphatic carbocycles. The van der Waals surface area contributed by atoms with Crippen LogP contribution in [0.1, 0.15) is 35.6 Å². The summed E-state index contributed by atoms with van der Waals surface area (Å²) in [5, 5.41) is 9.54. The molecule has 138 valence electrons. The van der Waals surface area contributed by atoms with Gasteiger partial charge in [-0.15, -0.1) is 0 Å². The van der Waals surface area contributed by atoms with Crippen molar-refractivity contribution >= 4 is 21.9 Å². The van der Waals surface area contributed by atoms with Crippen LogP contribution in [0, 0.1) is 0 Å². The quantitative estimate of drug-likeness (QED) is 0.736. The van der Waals surface area contributed by atoms with Gasteiger partial charge in [-0.2, -0.15) is 13.2 Å². The maximum Gasteiger partial charge on any atom is 0.416 e. The molecule has 0 spiro atoms. The smallest absolute Gasteiger partial charge is 0.416 e. The molecule has 1 aliphatic rings. The molecule has 2 atom stereocenters. The number of rotatable bonds is 4. The summed E-state index contributed by atoms with van der Waals surface area (Å²) >= 11 is 3.49. The first-order valence-corrected chi connectivity index (χ1v) is 8.98. The minimum atomic E-state index is -4.40. The Morgan fingerprint density at radius 2 is 1.81 bits per heavy atom. The maximum atomic E-state index is 12.9. The lowest BCUT2D eigenvalue weighted by Gasteiger charge is -2.32. The van der Waals surface area contributed by atoms with E-state index in [-0.39, 0.29) is 0 Å². The minimum Gasteiger partial charge on any atom is -0.480 e. The first kappa shape index (κ1) is 18.9. The molecular formula is C19H17BrF3NO2. The number of likely N-dealkylation sites (tertiary alicyclic amines) is 1. The van der Waals surface area contributed by atoms with Crippen LogP contribution in [0.15, 0.2) is 53.0 Å².